The molecule has 18 heavy (non-hydrogen) atoms. The van der Waals surface area contributed by atoms with E-state index in [0.29, 0.717) is 19.7 Å². The number of carbonyl (C=O) groups excluding carboxylic acids is 2. The Bertz CT molecular complexity index is 319. The Morgan fingerprint density at radius 3 is 2.39 bits per heavy atom. The molecule has 0 saturated carbocycles. The third kappa shape index (κ3) is 3.87. The van der Waals surface area contributed by atoms with Crippen LogP contribution in [0.2, 0.25) is 0 Å². The van der Waals surface area contributed by atoms with Crippen molar-refractivity contribution in [2.75, 3.05) is 19.7 Å². The second kappa shape index (κ2) is 5.56. The molecule has 1 aliphatic rings. The minimum absolute atomic E-state index is 0.0448. The van der Waals surface area contributed by atoms with Crippen molar-refractivity contribution < 1.29 is 19.1 Å². The third-order valence-corrected chi connectivity index (χ3v) is 2.63. The average Bonchev–Trinajstić information content (AvgIpc) is 2.12. The number of hydrogen-bond donors (Lipinski definition) is 1. The van der Waals surface area contributed by atoms with Gasteiger partial charge < -0.3 is 20.1 Å². The molecule has 1 heterocycles. The number of likely N-dealkylation sites (tertiary alicyclic amines) is 1. The molecule has 1 saturated heterocycles. The van der Waals surface area contributed by atoms with Crippen LogP contribution in [0.3, 0.4) is 0 Å². The van der Waals surface area contributed by atoms with Gasteiger partial charge in [0.1, 0.15) is 11.6 Å². The lowest BCUT2D eigenvalue weighted by Crippen LogP contribution is -2.59. The van der Waals surface area contributed by atoms with Crippen molar-refractivity contribution in [3.8, 4) is 0 Å². The highest BCUT2D eigenvalue weighted by molar-refractivity contribution is 5.77. The summed E-state index contributed by atoms with van der Waals surface area (Å²) in [6.07, 6.45) is -0.366. The van der Waals surface area contributed by atoms with E-state index >= 15 is 0 Å². The number of carbonyl (C=O) groups is 2. The maximum Gasteiger partial charge on any atom is 0.410 e. The first-order valence-electron chi connectivity index (χ1n) is 6.14. The van der Waals surface area contributed by atoms with E-state index in [1.807, 2.05) is 20.8 Å². The highest BCUT2D eigenvalue weighted by Crippen LogP contribution is 2.21. The Labute approximate surface area is 107 Å². The number of hydrogen-bond acceptors (Lipinski definition) is 5. The van der Waals surface area contributed by atoms with Gasteiger partial charge in [0.05, 0.1) is 6.61 Å². The molecule has 1 fully saturated rings. The lowest BCUT2D eigenvalue weighted by molar-refractivity contribution is -0.147. The van der Waals surface area contributed by atoms with Gasteiger partial charge in [0, 0.05) is 19.0 Å². The first-order valence-corrected chi connectivity index (χ1v) is 6.14. The topological polar surface area (TPSA) is 81.9 Å². The van der Waals surface area contributed by atoms with Gasteiger partial charge in [0.25, 0.3) is 0 Å². The molecule has 1 aliphatic heterocycles. The van der Waals surface area contributed by atoms with E-state index in [1.54, 1.807) is 6.92 Å². The minimum Gasteiger partial charge on any atom is -0.465 e. The smallest absolute Gasteiger partial charge is 0.410 e. The molecule has 0 aromatic rings. The molecule has 0 bridgehead atoms. The molecule has 0 spiro atoms. The van der Waals surface area contributed by atoms with E-state index in [4.69, 9.17) is 15.2 Å². The van der Waals surface area contributed by atoms with Crippen LogP contribution in [0.1, 0.15) is 27.7 Å². The van der Waals surface area contributed by atoms with Crippen LogP contribution in [-0.4, -0.2) is 48.3 Å². The first kappa shape index (κ1) is 14.8. The van der Waals surface area contributed by atoms with E-state index in [-0.39, 0.29) is 12.0 Å². The van der Waals surface area contributed by atoms with E-state index in [9.17, 15) is 9.59 Å². The van der Waals surface area contributed by atoms with Crippen LogP contribution in [0.15, 0.2) is 0 Å². The van der Waals surface area contributed by atoms with E-state index in [2.05, 4.69) is 0 Å². The Morgan fingerprint density at radius 1 is 1.39 bits per heavy atom. The molecule has 0 aliphatic carbocycles. The Morgan fingerprint density at radius 2 is 1.94 bits per heavy atom. The molecule has 6 nitrogen and oxygen atoms in total. The van der Waals surface area contributed by atoms with Gasteiger partial charge in [0.15, 0.2) is 0 Å². The fourth-order valence-corrected chi connectivity index (χ4v) is 1.65. The van der Waals surface area contributed by atoms with Crippen molar-refractivity contribution >= 4 is 12.1 Å². The zero-order chi connectivity index (χ0) is 13.9. The monoisotopic (exact) mass is 258 g/mol. The number of amides is 1. The van der Waals surface area contributed by atoms with Crippen LogP contribution in [0.4, 0.5) is 4.79 Å². The summed E-state index contributed by atoms with van der Waals surface area (Å²) in [6.45, 7) is 8.36. The van der Waals surface area contributed by atoms with Crippen LogP contribution in [0, 0.1) is 5.92 Å². The summed E-state index contributed by atoms with van der Waals surface area (Å²) in [5.74, 6) is -0.456. The van der Waals surface area contributed by atoms with Gasteiger partial charge in [-0.25, -0.2) is 4.79 Å². The zero-order valence-electron chi connectivity index (χ0n) is 11.4. The van der Waals surface area contributed by atoms with Gasteiger partial charge in [-0.3, -0.25) is 4.79 Å². The van der Waals surface area contributed by atoms with Gasteiger partial charge in [0.2, 0.25) is 0 Å². The number of rotatable bonds is 3. The molecular weight excluding hydrogens is 236 g/mol. The van der Waals surface area contributed by atoms with Crippen LogP contribution in [0.5, 0.6) is 0 Å². The summed E-state index contributed by atoms with van der Waals surface area (Å²) in [6, 6.07) is -0.663. The standard InChI is InChI=1S/C12H22N2O4/c1-5-17-10(15)9(13)8-6-14(7-8)11(16)18-12(2,3)4/h8-9H,5-7,13H2,1-4H3/t9-/m0/s1. The summed E-state index contributed by atoms with van der Waals surface area (Å²) >= 11 is 0. The van der Waals surface area contributed by atoms with Gasteiger partial charge >= 0.3 is 12.1 Å². The highest BCUT2D eigenvalue weighted by atomic mass is 16.6. The normalized spacial score (nSPS) is 17.9. The molecule has 0 radical (unpaired) electrons. The van der Waals surface area contributed by atoms with Gasteiger partial charge in [-0.15, -0.1) is 0 Å². The summed E-state index contributed by atoms with van der Waals surface area (Å²) in [7, 11) is 0. The second-order valence-electron chi connectivity index (χ2n) is 5.42. The van der Waals surface area contributed by atoms with Gasteiger partial charge in [-0.2, -0.15) is 0 Å². The molecule has 0 unspecified atom stereocenters. The van der Waals surface area contributed by atoms with Crippen molar-refractivity contribution in [1.82, 2.24) is 4.90 Å². The average molecular weight is 258 g/mol. The van der Waals surface area contributed by atoms with Crippen LogP contribution < -0.4 is 5.73 Å². The predicted octanol–water partition coefficient (Wildman–Crippen LogP) is 0.744. The molecule has 0 aromatic carbocycles. The van der Waals surface area contributed by atoms with Crippen LogP contribution in [0.25, 0.3) is 0 Å². The van der Waals surface area contributed by atoms with Crippen molar-refractivity contribution in [2.24, 2.45) is 11.7 Å². The van der Waals surface area contributed by atoms with Crippen LogP contribution in [-0.2, 0) is 14.3 Å². The molecule has 1 amide bonds. The first-order chi connectivity index (χ1) is 8.24. The quantitative estimate of drug-likeness (QED) is 0.755. The lowest BCUT2D eigenvalue weighted by atomic mass is 9.92. The molecular formula is C12H22N2O4. The Balaban J connectivity index is 2.35. The van der Waals surface area contributed by atoms with Crippen molar-refractivity contribution in [1.29, 1.82) is 0 Å². The molecule has 0 aromatic heterocycles. The highest BCUT2D eigenvalue weighted by Gasteiger charge is 2.39. The Kier molecular flexibility index (Phi) is 4.56. The number of ether oxygens (including phenoxy) is 2. The summed E-state index contributed by atoms with van der Waals surface area (Å²) in [5.41, 5.74) is 5.24. The number of esters is 1. The maximum atomic E-state index is 11.7. The molecule has 6 heteroatoms. The summed E-state index contributed by atoms with van der Waals surface area (Å²) in [4.78, 5) is 24.6. The fourth-order valence-electron chi connectivity index (χ4n) is 1.65. The van der Waals surface area contributed by atoms with Crippen molar-refractivity contribution in [2.45, 2.75) is 39.3 Å². The summed E-state index contributed by atoms with van der Waals surface area (Å²) < 4.78 is 10.0. The lowest BCUT2D eigenvalue weighted by Gasteiger charge is -2.41. The molecule has 2 N–H and O–H groups in total. The van der Waals surface area contributed by atoms with Crippen molar-refractivity contribution in [3.63, 3.8) is 0 Å². The maximum absolute atomic E-state index is 11.7. The molecule has 1 atom stereocenters. The van der Waals surface area contributed by atoms with E-state index < -0.39 is 17.6 Å². The van der Waals surface area contributed by atoms with E-state index in [0.717, 1.165) is 0 Å². The number of nitrogens with two attached hydrogens (primary N) is 1. The largest absolute Gasteiger partial charge is 0.465 e. The summed E-state index contributed by atoms with van der Waals surface area (Å²) in [5, 5.41) is 0. The number of nitrogens with zero attached hydrogens (tertiary/aromatic N) is 1. The minimum atomic E-state index is -0.663. The van der Waals surface area contributed by atoms with Crippen LogP contribution >= 0.6 is 0 Å². The SMILES string of the molecule is CCOC(=O)[C@@H](N)C1CN(C(=O)OC(C)(C)C)C1. The fraction of sp³-hybridized carbons (Fsp3) is 0.833. The third-order valence-electron chi connectivity index (χ3n) is 2.63. The van der Waals surface area contributed by atoms with Crippen molar-refractivity contribution in [3.05, 3.63) is 0 Å². The molecule has 1 rings (SSSR count). The second-order valence-corrected chi connectivity index (χ2v) is 5.42. The van der Waals surface area contributed by atoms with Gasteiger partial charge in [-0.1, -0.05) is 0 Å². The Hall–Kier alpha value is -1.30. The van der Waals surface area contributed by atoms with Gasteiger partial charge in [-0.05, 0) is 27.7 Å². The molecule has 104 valence electrons. The predicted molar refractivity (Wildman–Crippen MR) is 65.9 cm³/mol. The zero-order valence-corrected chi connectivity index (χ0v) is 11.4. The van der Waals surface area contributed by atoms with E-state index in [1.165, 1.54) is 4.90 Å².